The minimum atomic E-state index is -1.11. The summed E-state index contributed by atoms with van der Waals surface area (Å²) >= 11 is 5.61. The highest BCUT2D eigenvalue weighted by Gasteiger charge is 2.11. The quantitative estimate of drug-likeness (QED) is 0.841. The fourth-order valence-electron chi connectivity index (χ4n) is 1.14. The van der Waals surface area contributed by atoms with E-state index in [1.165, 1.54) is 18.2 Å². The number of halogens is 3. The largest absolute Gasteiger partial charge is 0.436 e. The van der Waals surface area contributed by atoms with Crippen LogP contribution in [0.2, 0.25) is 5.15 Å². The summed E-state index contributed by atoms with van der Waals surface area (Å²) in [5.74, 6) is -2.62. The van der Waals surface area contributed by atoms with Crippen LogP contribution in [-0.2, 0) is 0 Å². The Balaban J connectivity index is 2.34. The van der Waals surface area contributed by atoms with E-state index in [0.717, 1.165) is 6.07 Å². The Morgan fingerprint density at radius 1 is 1.24 bits per heavy atom. The van der Waals surface area contributed by atoms with Gasteiger partial charge in [0.15, 0.2) is 11.6 Å². The van der Waals surface area contributed by atoms with E-state index in [1.807, 2.05) is 0 Å². The van der Waals surface area contributed by atoms with Gasteiger partial charge in [-0.1, -0.05) is 17.7 Å². The normalized spacial score (nSPS) is 10.3. The zero-order valence-electron chi connectivity index (χ0n) is 8.32. The molecule has 7 heteroatoms. The van der Waals surface area contributed by atoms with E-state index < -0.39 is 11.6 Å². The van der Waals surface area contributed by atoms with Gasteiger partial charge in [-0.3, -0.25) is 0 Å². The molecular formula is C10H6ClF2N3O. The lowest BCUT2D eigenvalue weighted by atomic mass is 10.3. The van der Waals surface area contributed by atoms with Crippen molar-refractivity contribution in [3.63, 3.8) is 0 Å². The molecule has 0 saturated heterocycles. The van der Waals surface area contributed by atoms with Gasteiger partial charge >= 0.3 is 0 Å². The summed E-state index contributed by atoms with van der Waals surface area (Å²) in [6, 6.07) is 4.77. The van der Waals surface area contributed by atoms with Crippen molar-refractivity contribution in [2.75, 3.05) is 5.73 Å². The van der Waals surface area contributed by atoms with Gasteiger partial charge in [-0.15, -0.1) is 0 Å². The van der Waals surface area contributed by atoms with Crippen LogP contribution in [0, 0.1) is 11.6 Å². The van der Waals surface area contributed by atoms with Crippen LogP contribution in [0.1, 0.15) is 0 Å². The molecule has 2 rings (SSSR count). The highest BCUT2D eigenvalue weighted by atomic mass is 35.5. The van der Waals surface area contributed by atoms with Gasteiger partial charge in [-0.25, -0.2) is 9.37 Å². The van der Waals surface area contributed by atoms with Gasteiger partial charge in [-0.2, -0.15) is 9.37 Å². The molecule has 2 N–H and O–H groups in total. The first-order chi connectivity index (χ1) is 8.06. The van der Waals surface area contributed by atoms with Gasteiger partial charge in [0.25, 0.3) is 0 Å². The van der Waals surface area contributed by atoms with Crippen molar-refractivity contribution in [1.29, 1.82) is 0 Å². The van der Waals surface area contributed by atoms with E-state index in [-0.39, 0.29) is 22.7 Å². The van der Waals surface area contributed by atoms with Crippen LogP contribution < -0.4 is 10.5 Å². The third-order valence-electron chi connectivity index (χ3n) is 1.82. The van der Waals surface area contributed by atoms with Gasteiger partial charge in [0.2, 0.25) is 17.6 Å². The van der Waals surface area contributed by atoms with E-state index in [1.54, 1.807) is 0 Å². The van der Waals surface area contributed by atoms with E-state index in [4.69, 9.17) is 22.1 Å². The van der Waals surface area contributed by atoms with Crippen LogP contribution in [0.4, 0.5) is 14.7 Å². The standard InChI is InChI=1S/C10H6ClF2N3O/c11-7-4-8(16-10(14)15-7)17-6-3-1-2-5(12)9(6)13/h1-4H,(H2,14,15,16). The molecule has 0 amide bonds. The molecular weight excluding hydrogens is 252 g/mol. The predicted octanol–water partition coefficient (Wildman–Crippen LogP) is 2.78. The number of ether oxygens (including phenoxy) is 1. The topological polar surface area (TPSA) is 61.0 Å². The molecule has 0 atom stereocenters. The minimum Gasteiger partial charge on any atom is -0.436 e. The lowest BCUT2D eigenvalue weighted by Crippen LogP contribution is -1.98. The van der Waals surface area contributed by atoms with Crippen molar-refractivity contribution >= 4 is 17.5 Å². The molecule has 88 valence electrons. The molecule has 0 bridgehead atoms. The summed E-state index contributed by atoms with van der Waals surface area (Å²) in [5, 5.41) is 0.0457. The summed E-state index contributed by atoms with van der Waals surface area (Å²) in [4.78, 5) is 7.27. The Labute approximate surface area is 100 Å². The summed E-state index contributed by atoms with van der Waals surface area (Å²) < 4.78 is 31.2. The van der Waals surface area contributed by atoms with Crippen LogP contribution >= 0.6 is 11.6 Å². The van der Waals surface area contributed by atoms with Gasteiger partial charge in [0.05, 0.1) is 0 Å². The summed E-state index contributed by atoms with van der Waals surface area (Å²) in [7, 11) is 0. The monoisotopic (exact) mass is 257 g/mol. The summed E-state index contributed by atoms with van der Waals surface area (Å²) in [6.07, 6.45) is 0. The van der Waals surface area contributed by atoms with E-state index in [2.05, 4.69) is 9.97 Å². The Kier molecular flexibility index (Phi) is 3.06. The second kappa shape index (κ2) is 4.50. The molecule has 0 radical (unpaired) electrons. The van der Waals surface area contributed by atoms with Crippen molar-refractivity contribution < 1.29 is 13.5 Å². The first-order valence-electron chi connectivity index (χ1n) is 4.48. The van der Waals surface area contributed by atoms with Gasteiger partial charge < -0.3 is 10.5 Å². The van der Waals surface area contributed by atoms with Crippen molar-refractivity contribution in [1.82, 2.24) is 9.97 Å². The maximum absolute atomic E-state index is 13.3. The van der Waals surface area contributed by atoms with Crippen LogP contribution in [0.25, 0.3) is 0 Å². The number of nitrogens with two attached hydrogens (primary N) is 1. The minimum absolute atomic E-state index is 0.0457. The number of nitrogen functional groups attached to an aromatic ring is 1. The van der Waals surface area contributed by atoms with E-state index >= 15 is 0 Å². The smallest absolute Gasteiger partial charge is 0.225 e. The maximum Gasteiger partial charge on any atom is 0.225 e. The van der Waals surface area contributed by atoms with Crippen LogP contribution in [-0.4, -0.2) is 9.97 Å². The highest BCUT2D eigenvalue weighted by molar-refractivity contribution is 6.29. The lowest BCUT2D eigenvalue weighted by Gasteiger charge is -2.06. The first-order valence-corrected chi connectivity index (χ1v) is 4.86. The molecule has 0 aliphatic carbocycles. The maximum atomic E-state index is 13.3. The van der Waals surface area contributed by atoms with Crippen molar-refractivity contribution in [3.8, 4) is 11.6 Å². The third kappa shape index (κ3) is 2.59. The zero-order valence-corrected chi connectivity index (χ0v) is 9.08. The molecule has 0 saturated carbocycles. The molecule has 2 aromatic rings. The molecule has 0 spiro atoms. The zero-order chi connectivity index (χ0) is 12.4. The second-order valence-electron chi connectivity index (χ2n) is 3.04. The number of aromatic nitrogens is 2. The molecule has 17 heavy (non-hydrogen) atoms. The molecule has 1 heterocycles. The van der Waals surface area contributed by atoms with Gasteiger partial charge in [0.1, 0.15) is 5.15 Å². The van der Waals surface area contributed by atoms with Gasteiger partial charge in [0, 0.05) is 6.07 Å². The lowest BCUT2D eigenvalue weighted by molar-refractivity contribution is 0.405. The van der Waals surface area contributed by atoms with Crippen molar-refractivity contribution in [3.05, 3.63) is 41.1 Å². The number of anilines is 1. The number of hydrogen-bond acceptors (Lipinski definition) is 4. The van der Waals surface area contributed by atoms with E-state index in [0.29, 0.717) is 0 Å². The molecule has 1 aromatic carbocycles. The molecule has 0 aliphatic rings. The molecule has 1 aromatic heterocycles. The Bertz CT molecular complexity index is 545. The number of nitrogens with zero attached hydrogens (tertiary/aromatic N) is 2. The summed E-state index contributed by atoms with van der Waals surface area (Å²) in [6.45, 7) is 0. The predicted molar refractivity (Wildman–Crippen MR) is 57.9 cm³/mol. The van der Waals surface area contributed by atoms with Crippen LogP contribution in [0.3, 0.4) is 0 Å². The Morgan fingerprint density at radius 3 is 2.71 bits per heavy atom. The van der Waals surface area contributed by atoms with Crippen LogP contribution in [0.5, 0.6) is 11.6 Å². The Morgan fingerprint density at radius 2 is 2.00 bits per heavy atom. The highest BCUT2D eigenvalue weighted by Crippen LogP contribution is 2.25. The third-order valence-corrected chi connectivity index (χ3v) is 2.01. The first kappa shape index (κ1) is 11.5. The van der Waals surface area contributed by atoms with E-state index in [9.17, 15) is 8.78 Å². The SMILES string of the molecule is Nc1nc(Cl)cc(Oc2cccc(F)c2F)n1. The fourth-order valence-corrected chi connectivity index (χ4v) is 1.32. The van der Waals surface area contributed by atoms with Crippen molar-refractivity contribution in [2.24, 2.45) is 0 Å². The number of benzene rings is 1. The molecule has 0 aliphatic heterocycles. The fraction of sp³-hybridized carbons (Fsp3) is 0. The average molecular weight is 258 g/mol. The van der Waals surface area contributed by atoms with Crippen molar-refractivity contribution in [2.45, 2.75) is 0 Å². The molecule has 0 fully saturated rings. The van der Waals surface area contributed by atoms with Gasteiger partial charge in [-0.05, 0) is 12.1 Å². The molecule has 0 unspecified atom stereocenters. The number of rotatable bonds is 2. The van der Waals surface area contributed by atoms with Crippen LogP contribution in [0.15, 0.2) is 24.3 Å². The average Bonchev–Trinajstić information content (AvgIpc) is 2.23. The summed E-state index contributed by atoms with van der Waals surface area (Å²) in [5.41, 5.74) is 5.33. The molecule has 4 nitrogen and oxygen atoms in total. The Hall–Kier alpha value is -1.95. The number of hydrogen-bond donors (Lipinski definition) is 1. The second-order valence-corrected chi connectivity index (χ2v) is 3.43.